The molecule has 3 heteroatoms. The molecule has 0 aromatic heterocycles. The Kier molecular flexibility index (Phi) is 10.5. The number of hydrogen-bond acceptors (Lipinski definition) is 3. The van der Waals surface area contributed by atoms with E-state index in [1.807, 2.05) is 48.5 Å². The fourth-order valence-corrected chi connectivity index (χ4v) is 3.37. The lowest BCUT2D eigenvalue weighted by Crippen LogP contribution is -2.10. The van der Waals surface area contributed by atoms with Gasteiger partial charge in [0.2, 0.25) is 0 Å². The molecule has 1 unspecified atom stereocenters. The van der Waals surface area contributed by atoms with Crippen molar-refractivity contribution in [3.05, 3.63) is 65.2 Å². The molecule has 0 radical (unpaired) electrons. The first kappa shape index (κ1) is 23.2. The number of hydrogen-bond donors (Lipinski definition) is 0. The monoisotopic (exact) mass is 396 g/mol. The van der Waals surface area contributed by atoms with E-state index in [4.69, 9.17) is 9.47 Å². The topological polar surface area (TPSA) is 35.5 Å². The molecule has 0 saturated carbocycles. The van der Waals surface area contributed by atoms with E-state index < -0.39 is 0 Å². The van der Waals surface area contributed by atoms with Crippen molar-refractivity contribution in [2.24, 2.45) is 0 Å². The van der Waals surface area contributed by atoms with Gasteiger partial charge in [0, 0.05) is 6.61 Å². The summed E-state index contributed by atoms with van der Waals surface area (Å²) in [7, 11) is 0. The molecule has 1 atom stereocenters. The summed E-state index contributed by atoms with van der Waals surface area (Å²) in [6.07, 6.45) is 9.51. The normalized spacial score (nSPS) is 12.0. The van der Waals surface area contributed by atoms with Crippen molar-refractivity contribution >= 4 is 5.97 Å². The van der Waals surface area contributed by atoms with Crippen LogP contribution < -0.4 is 4.74 Å². The van der Waals surface area contributed by atoms with Crippen LogP contribution in [0.15, 0.2) is 48.5 Å². The van der Waals surface area contributed by atoms with Gasteiger partial charge in [0.1, 0.15) is 5.75 Å². The molecule has 0 fully saturated rings. The first-order chi connectivity index (χ1) is 14.2. The predicted octanol–water partition coefficient (Wildman–Crippen LogP) is 7.30. The summed E-state index contributed by atoms with van der Waals surface area (Å²) < 4.78 is 11.6. The average Bonchev–Trinajstić information content (AvgIpc) is 2.74. The predicted molar refractivity (Wildman–Crippen MR) is 120 cm³/mol. The molecule has 2 rings (SSSR count). The van der Waals surface area contributed by atoms with Crippen LogP contribution in [-0.4, -0.2) is 12.6 Å². The Morgan fingerprint density at radius 3 is 2.28 bits per heavy atom. The summed E-state index contributed by atoms with van der Waals surface area (Å²) in [5, 5.41) is 0. The number of para-hydroxylation sites is 1. The standard InChI is InChI=1S/C26H36O3/c1-4-6-7-8-9-12-20-28-21(3)22-16-18-24(19-17-22)26(27)29-25-15-11-10-14-23(25)13-5-2/h10-11,14-19,21H,4-9,12-13,20H2,1-3H3. The fourth-order valence-electron chi connectivity index (χ4n) is 3.37. The van der Waals surface area contributed by atoms with Crippen LogP contribution >= 0.6 is 0 Å². The molecule has 0 saturated heterocycles. The van der Waals surface area contributed by atoms with Gasteiger partial charge in [-0.1, -0.05) is 82.7 Å². The lowest BCUT2D eigenvalue weighted by Gasteiger charge is -2.14. The minimum Gasteiger partial charge on any atom is -0.423 e. The lowest BCUT2D eigenvalue weighted by atomic mass is 10.1. The van der Waals surface area contributed by atoms with Gasteiger partial charge in [0.05, 0.1) is 11.7 Å². The van der Waals surface area contributed by atoms with E-state index in [2.05, 4.69) is 20.8 Å². The molecule has 2 aromatic rings. The minimum absolute atomic E-state index is 0.0287. The van der Waals surface area contributed by atoms with Crippen LogP contribution in [-0.2, 0) is 11.2 Å². The number of rotatable bonds is 13. The zero-order valence-corrected chi connectivity index (χ0v) is 18.3. The molecule has 0 aliphatic carbocycles. The van der Waals surface area contributed by atoms with Gasteiger partial charge in [-0.05, 0) is 49.1 Å². The highest BCUT2D eigenvalue weighted by Crippen LogP contribution is 2.22. The van der Waals surface area contributed by atoms with Crippen molar-refractivity contribution in [3.63, 3.8) is 0 Å². The molecule has 0 aliphatic rings. The Bertz CT molecular complexity index is 721. The molecule has 29 heavy (non-hydrogen) atoms. The molecule has 2 aromatic carbocycles. The lowest BCUT2D eigenvalue weighted by molar-refractivity contribution is 0.0626. The number of benzene rings is 2. The highest BCUT2D eigenvalue weighted by Gasteiger charge is 2.12. The maximum Gasteiger partial charge on any atom is 0.343 e. The zero-order chi connectivity index (χ0) is 20.9. The molecular formula is C26H36O3. The Labute approximate surface area is 176 Å². The maximum atomic E-state index is 12.5. The molecule has 0 spiro atoms. The molecule has 0 N–H and O–H groups in total. The molecule has 3 nitrogen and oxygen atoms in total. The van der Waals surface area contributed by atoms with Crippen LogP contribution in [0.25, 0.3) is 0 Å². The van der Waals surface area contributed by atoms with Crippen molar-refractivity contribution in [2.75, 3.05) is 6.61 Å². The Hall–Kier alpha value is -2.13. The van der Waals surface area contributed by atoms with Gasteiger partial charge in [-0.15, -0.1) is 0 Å². The van der Waals surface area contributed by atoms with Crippen LogP contribution in [0.5, 0.6) is 5.75 Å². The van der Waals surface area contributed by atoms with Crippen LogP contribution in [0.2, 0.25) is 0 Å². The highest BCUT2D eigenvalue weighted by molar-refractivity contribution is 5.91. The number of carbonyl (C=O) groups excluding carboxylic acids is 1. The van der Waals surface area contributed by atoms with Gasteiger partial charge >= 0.3 is 5.97 Å². The number of carbonyl (C=O) groups is 1. The summed E-state index contributed by atoms with van der Waals surface area (Å²) in [6, 6.07) is 15.3. The van der Waals surface area contributed by atoms with E-state index >= 15 is 0 Å². The van der Waals surface area contributed by atoms with E-state index in [9.17, 15) is 4.79 Å². The first-order valence-electron chi connectivity index (χ1n) is 11.2. The van der Waals surface area contributed by atoms with Crippen molar-refractivity contribution in [3.8, 4) is 5.75 Å². The SMILES string of the molecule is CCCCCCCCOC(C)c1ccc(C(=O)Oc2ccccc2CCC)cc1. The van der Waals surface area contributed by atoms with Crippen molar-refractivity contribution in [1.29, 1.82) is 0 Å². The summed E-state index contributed by atoms with van der Waals surface area (Å²) in [5.74, 6) is 0.333. The number of ether oxygens (including phenoxy) is 2. The van der Waals surface area contributed by atoms with Crippen molar-refractivity contribution in [2.45, 2.75) is 78.2 Å². The average molecular weight is 397 g/mol. The van der Waals surface area contributed by atoms with E-state index in [0.717, 1.165) is 37.0 Å². The van der Waals surface area contributed by atoms with Crippen molar-refractivity contribution < 1.29 is 14.3 Å². The summed E-state index contributed by atoms with van der Waals surface area (Å²) in [5.41, 5.74) is 2.71. The highest BCUT2D eigenvalue weighted by atomic mass is 16.5. The van der Waals surface area contributed by atoms with Gasteiger partial charge in [-0.25, -0.2) is 4.79 Å². The smallest absolute Gasteiger partial charge is 0.343 e. The van der Waals surface area contributed by atoms with Crippen LogP contribution in [0.3, 0.4) is 0 Å². The number of esters is 1. The minimum atomic E-state index is -0.319. The van der Waals surface area contributed by atoms with Gasteiger partial charge < -0.3 is 9.47 Å². The largest absolute Gasteiger partial charge is 0.423 e. The fraction of sp³-hybridized carbons (Fsp3) is 0.500. The van der Waals surface area contributed by atoms with Gasteiger partial charge in [-0.2, -0.15) is 0 Å². The summed E-state index contributed by atoms with van der Waals surface area (Å²) in [6.45, 7) is 7.20. The summed E-state index contributed by atoms with van der Waals surface area (Å²) in [4.78, 5) is 12.5. The second kappa shape index (κ2) is 13.2. The second-order valence-corrected chi connectivity index (χ2v) is 7.65. The maximum absolute atomic E-state index is 12.5. The number of aryl methyl sites for hydroxylation is 1. The Morgan fingerprint density at radius 2 is 1.55 bits per heavy atom. The molecule has 0 bridgehead atoms. The first-order valence-corrected chi connectivity index (χ1v) is 11.2. The molecule has 0 heterocycles. The quantitative estimate of drug-likeness (QED) is 0.202. The van der Waals surface area contributed by atoms with E-state index in [1.54, 1.807) is 0 Å². The van der Waals surface area contributed by atoms with Crippen LogP contribution in [0.4, 0.5) is 0 Å². The molecule has 158 valence electrons. The zero-order valence-electron chi connectivity index (χ0n) is 18.3. The third-order valence-electron chi connectivity index (χ3n) is 5.18. The van der Waals surface area contributed by atoms with E-state index in [-0.39, 0.29) is 12.1 Å². The van der Waals surface area contributed by atoms with E-state index in [0.29, 0.717) is 11.3 Å². The molecule has 0 amide bonds. The number of unbranched alkanes of at least 4 members (excludes halogenated alkanes) is 5. The van der Waals surface area contributed by atoms with Crippen LogP contribution in [0, 0.1) is 0 Å². The van der Waals surface area contributed by atoms with Gasteiger partial charge in [0.15, 0.2) is 0 Å². The van der Waals surface area contributed by atoms with Gasteiger partial charge in [0.25, 0.3) is 0 Å². The Morgan fingerprint density at radius 1 is 0.862 bits per heavy atom. The second-order valence-electron chi connectivity index (χ2n) is 7.65. The third kappa shape index (κ3) is 8.02. The van der Waals surface area contributed by atoms with E-state index in [1.165, 1.54) is 32.1 Å². The Balaban J connectivity index is 1.82. The summed E-state index contributed by atoms with van der Waals surface area (Å²) >= 11 is 0. The van der Waals surface area contributed by atoms with Crippen molar-refractivity contribution in [1.82, 2.24) is 0 Å². The van der Waals surface area contributed by atoms with Gasteiger partial charge in [-0.3, -0.25) is 0 Å². The molecular weight excluding hydrogens is 360 g/mol. The van der Waals surface area contributed by atoms with Crippen LogP contribution in [0.1, 0.15) is 93.3 Å². The molecule has 0 aliphatic heterocycles. The third-order valence-corrected chi connectivity index (χ3v) is 5.18.